The zero-order valence-corrected chi connectivity index (χ0v) is 14.3. The summed E-state index contributed by atoms with van der Waals surface area (Å²) < 4.78 is 6.52. The lowest BCUT2D eigenvalue weighted by Gasteiger charge is -2.12. The maximum atomic E-state index is 12.8. The molecule has 2 rings (SSSR count). The normalized spacial score (nSPS) is 11.1. The molecular formula is C15H19N3O5S. The van der Waals surface area contributed by atoms with E-state index in [1.54, 1.807) is 14.0 Å². The smallest absolute Gasteiger partial charge is 0.346 e. The van der Waals surface area contributed by atoms with E-state index in [9.17, 15) is 19.5 Å². The van der Waals surface area contributed by atoms with Crippen molar-refractivity contribution in [2.45, 2.75) is 32.7 Å². The van der Waals surface area contributed by atoms with E-state index in [2.05, 4.69) is 4.98 Å². The first-order valence-electron chi connectivity index (χ1n) is 7.40. The number of carboxylic acids is 1. The highest BCUT2D eigenvalue weighted by atomic mass is 32.1. The molecule has 0 radical (unpaired) electrons. The van der Waals surface area contributed by atoms with E-state index in [1.165, 1.54) is 4.57 Å². The van der Waals surface area contributed by atoms with Gasteiger partial charge in [0, 0.05) is 26.5 Å². The Balaban J connectivity index is 2.56. The second-order valence-corrected chi connectivity index (χ2v) is 6.34. The molecule has 8 nitrogen and oxygen atoms in total. The second-order valence-electron chi connectivity index (χ2n) is 5.34. The predicted octanol–water partition coefficient (Wildman–Crippen LogP) is 0.919. The first kappa shape index (κ1) is 18.1. The Morgan fingerprint density at radius 2 is 2.12 bits per heavy atom. The lowest BCUT2D eigenvalue weighted by atomic mass is 10.2. The van der Waals surface area contributed by atoms with Crippen LogP contribution in [-0.4, -0.2) is 40.3 Å². The van der Waals surface area contributed by atoms with Crippen molar-refractivity contribution in [2.24, 2.45) is 5.73 Å². The van der Waals surface area contributed by atoms with Crippen molar-refractivity contribution in [3.8, 4) is 0 Å². The van der Waals surface area contributed by atoms with Crippen molar-refractivity contribution >= 4 is 33.4 Å². The highest BCUT2D eigenvalue weighted by Gasteiger charge is 2.21. The van der Waals surface area contributed by atoms with Crippen LogP contribution in [0.5, 0.6) is 0 Å². The number of rotatable bonds is 8. The van der Waals surface area contributed by atoms with Crippen LogP contribution < -0.4 is 11.3 Å². The molecule has 3 N–H and O–H groups in total. The molecule has 0 unspecified atom stereocenters. The Labute approximate surface area is 141 Å². The summed E-state index contributed by atoms with van der Waals surface area (Å²) in [6, 6.07) is 0. The van der Waals surface area contributed by atoms with Gasteiger partial charge in [-0.3, -0.25) is 14.2 Å². The molecule has 0 aliphatic rings. The van der Waals surface area contributed by atoms with Gasteiger partial charge in [0.05, 0.1) is 12.0 Å². The van der Waals surface area contributed by atoms with Crippen molar-refractivity contribution in [1.82, 2.24) is 9.55 Å². The summed E-state index contributed by atoms with van der Waals surface area (Å²) >= 11 is 0.992. The molecule has 130 valence electrons. The van der Waals surface area contributed by atoms with Crippen LogP contribution in [0.3, 0.4) is 0 Å². The highest BCUT2D eigenvalue weighted by molar-refractivity contribution is 7.20. The van der Waals surface area contributed by atoms with Gasteiger partial charge in [0.2, 0.25) is 5.91 Å². The number of primary amides is 1. The van der Waals surface area contributed by atoms with E-state index in [-0.39, 0.29) is 16.9 Å². The fraction of sp³-hybridized carbons (Fsp3) is 0.467. The molecular weight excluding hydrogens is 334 g/mol. The lowest BCUT2D eigenvalue weighted by molar-refractivity contribution is -0.118. The summed E-state index contributed by atoms with van der Waals surface area (Å²) in [6.45, 7) is 2.28. The van der Waals surface area contributed by atoms with Crippen molar-refractivity contribution in [1.29, 1.82) is 0 Å². The van der Waals surface area contributed by atoms with Crippen LogP contribution in [0.25, 0.3) is 10.2 Å². The number of aromatic nitrogens is 2. The molecule has 0 fully saturated rings. The quantitative estimate of drug-likeness (QED) is 0.727. The minimum absolute atomic E-state index is 0.113. The maximum absolute atomic E-state index is 12.8. The molecule has 24 heavy (non-hydrogen) atoms. The van der Waals surface area contributed by atoms with Gasteiger partial charge in [-0.2, -0.15) is 0 Å². The van der Waals surface area contributed by atoms with Crippen molar-refractivity contribution in [3.63, 3.8) is 0 Å². The largest absolute Gasteiger partial charge is 0.477 e. The van der Waals surface area contributed by atoms with E-state index >= 15 is 0 Å². The minimum atomic E-state index is -1.08. The summed E-state index contributed by atoms with van der Waals surface area (Å²) in [5.41, 5.74) is 5.26. The number of fused-ring (bicyclic) bond motifs is 1. The Morgan fingerprint density at radius 3 is 2.71 bits per heavy atom. The fourth-order valence-electron chi connectivity index (χ4n) is 2.49. The molecule has 2 aromatic heterocycles. The zero-order valence-electron chi connectivity index (χ0n) is 13.5. The lowest BCUT2D eigenvalue weighted by Crippen LogP contribution is -2.27. The molecule has 0 aromatic carbocycles. The molecule has 0 aliphatic carbocycles. The van der Waals surface area contributed by atoms with Gasteiger partial charge in [-0.15, -0.1) is 11.3 Å². The average Bonchev–Trinajstić information content (AvgIpc) is 2.84. The van der Waals surface area contributed by atoms with Gasteiger partial charge >= 0.3 is 5.97 Å². The third-order valence-electron chi connectivity index (χ3n) is 3.66. The SMILES string of the molecule is COCCc1nc2sc(C(=O)O)c(C)c2c(=O)n1CCCC(N)=O. The van der Waals surface area contributed by atoms with Crippen LogP contribution in [0, 0.1) is 6.92 Å². The molecule has 9 heteroatoms. The van der Waals surface area contributed by atoms with Gasteiger partial charge in [0.15, 0.2) is 0 Å². The number of aromatic carboxylic acids is 1. The number of carbonyl (C=O) groups is 2. The van der Waals surface area contributed by atoms with Crippen LogP contribution in [0.1, 0.15) is 33.9 Å². The molecule has 2 heterocycles. The maximum Gasteiger partial charge on any atom is 0.346 e. The van der Waals surface area contributed by atoms with E-state index in [4.69, 9.17) is 10.5 Å². The number of ether oxygens (including phenoxy) is 1. The summed E-state index contributed by atoms with van der Waals surface area (Å²) in [7, 11) is 1.55. The van der Waals surface area contributed by atoms with Crippen LogP contribution >= 0.6 is 11.3 Å². The minimum Gasteiger partial charge on any atom is -0.477 e. The molecule has 0 spiro atoms. The Kier molecular flexibility index (Phi) is 5.68. The number of methoxy groups -OCH3 is 1. The third-order valence-corrected chi connectivity index (χ3v) is 4.83. The zero-order chi connectivity index (χ0) is 17.9. The summed E-state index contributed by atoms with van der Waals surface area (Å²) in [6.07, 6.45) is 0.992. The number of carboxylic acid groups (broad SMARTS) is 1. The predicted molar refractivity (Wildman–Crippen MR) is 89.6 cm³/mol. The molecule has 2 aromatic rings. The molecule has 0 saturated carbocycles. The third kappa shape index (κ3) is 3.62. The number of hydrogen-bond donors (Lipinski definition) is 2. The van der Waals surface area contributed by atoms with Crippen LogP contribution in [0.4, 0.5) is 0 Å². The monoisotopic (exact) mass is 353 g/mol. The van der Waals surface area contributed by atoms with Gasteiger partial charge in [-0.25, -0.2) is 9.78 Å². The fourth-order valence-corrected chi connectivity index (χ4v) is 3.52. The van der Waals surface area contributed by atoms with Crippen molar-refractivity contribution in [3.05, 3.63) is 26.6 Å². The second kappa shape index (κ2) is 7.54. The van der Waals surface area contributed by atoms with E-state index in [0.717, 1.165) is 11.3 Å². The Morgan fingerprint density at radius 1 is 1.42 bits per heavy atom. The summed E-state index contributed by atoms with van der Waals surface area (Å²) in [5.74, 6) is -0.999. The summed E-state index contributed by atoms with van der Waals surface area (Å²) in [5, 5.41) is 9.56. The number of amides is 1. The van der Waals surface area contributed by atoms with Crippen LogP contribution in [0.2, 0.25) is 0 Å². The number of hydrogen-bond acceptors (Lipinski definition) is 6. The Bertz CT molecular complexity index is 840. The number of aryl methyl sites for hydroxylation is 1. The highest BCUT2D eigenvalue weighted by Crippen LogP contribution is 2.27. The van der Waals surface area contributed by atoms with Crippen LogP contribution in [-0.2, 0) is 22.5 Å². The molecule has 0 saturated heterocycles. The van der Waals surface area contributed by atoms with Crippen molar-refractivity contribution in [2.75, 3.05) is 13.7 Å². The molecule has 0 bridgehead atoms. The van der Waals surface area contributed by atoms with E-state index in [1.807, 2.05) is 0 Å². The van der Waals surface area contributed by atoms with Gasteiger partial charge in [0.1, 0.15) is 15.5 Å². The van der Waals surface area contributed by atoms with Crippen LogP contribution in [0.15, 0.2) is 4.79 Å². The standard InChI is InChI=1S/C15H19N3O5S/c1-8-11-13(24-12(8)15(21)22)17-10(5-7-23-2)18(14(11)20)6-3-4-9(16)19/h3-7H2,1-2H3,(H2,16,19)(H,21,22). The summed E-state index contributed by atoms with van der Waals surface area (Å²) in [4.78, 5) is 40.0. The van der Waals surface area contributed by atoms with Gasteiger partial charge in [-0.05, 0) is 18.9 Å². The molecule has 0 atom stereocenters. The molecule has 0 aliphatic heterocycles. The topological polar surface area (TPSA) is 125 Å². The van der Waals surface area contributed by atoms with E-state index < -0.39 is 11.9 Å². The number of thiophene rings is 1. The number of nitrogens with zero attached hydrogens (tertiary/aromatic N) is 2. The van der Waals surface area contributed by atoms with Crippen molar-refractivity contribution < 1.29 is 19.4 Å². The Hall–Kier alpha value is -2.26. The number of nitrogens with two attached hydrogens (primary N) is 1. The van der Waals surface area contributed by atoms with Gasteiger partial charge in [0.25, 0.3) is 5.56 Å². The van der Waals surface area contributed by atoms with Gasteiger partial charge < -0.3 is 15.6 Å². The average molecular weight is 353 g/mol. The first-order valence-corrected chi connectivity index (χ1v) is 8.21. The molecule has 1 amide bonds. The van der Waals surface area contributed by atoms with Gasteiger partial charge in [-0.1, -0.05) is 0 Å². The number of carbonyl (C=O) groups excluding carboxylic acids is 1. The first-order chi connectivity index (χ1) is 11.4. The van der Waals surface area contributed by atoms with E-state index in [0.29, 0.717) is 47.6 Å².